The highest BCUT2D eigenvalue weighted by Crippen LogP contribution is 2.24. The molecule has 0 bridgehead atoms. The molecular weight excluding hydrogens is 148 g/mol. The van der Waals surface area contributed by atoms with E-state index in [4.69, 9.17) is 0 Å². The molecule has 52 valence electrons. The van der Waals surface area contributed by atoms with Gasteiger partial charge in [-0.05, 0) is 0 Å². The number of carbonyl (C=O) groups is 1. The summed E-state index contributed by atoms with van der Waals surface area (Å²) in [6, 6.07) is 0.201. The monoisotopic (exact) mass is 154 g/mol. The molecule has 0 aromatic carbocycles. The van der Waals surface area contributed by atoms with Crippen LogP contribution in [0.4, 0.5) is 0 Å². The quantitative estimate of drug-likeness (QED) is 0.605. The SMILES string of the molecule is O=C1CC(c2nccs2)N1. The van der Waals surface area contributed by atoms with Crippen molar-refractivity contribution in [3.8, 4) is 0 Å². The Bertz CT molecular complexity index is 236. The molecule has 4 heteroatoms. The molecule has 1 fully saturated rings. The fourth-order valence-corrected chi connectivity index (χ4v) is 1.60. The lowest BCUT2D eigenvalue weighted by Crippen LogP contribution is -2.41. The van der Waals surface area contributed by atoms with E-state index < -0.39 is 0 Å². The van der Waals surface area contributed by atoms with Gasteiger partial charge in [-0.1, -0.05) is 0 Å². The van der Waals surface area contributed by atoms with Crippen LogP contribution in [0.5, 0.6) is 0 Å². The molecular formula is C6H6N2OS. The normalized spacial score (nSPS) is 23.6. The zero-order valence-electron chi connectivity index (χ0n) is 5.20. The fraction of sp³-hybridized carbons (Fsp3) is 0.333. The molecule has 1 saturated heterocycles. The summed E-state index contributed by atoms with van der Waals surface area (Å²) in [7, 11) is 0. The number of carbonyl (C=O) groups excluding carboxylic acids is 1. The predicted octanol–water partition coefficient (Wildman–Crippen LogP) is 0.704. The maximum atomic E-state index is 10.5. The summed E-state index contributed by atoms with van der Waals surface area (Å²) < 4.78 is 0. The molecule has 1 N–H and O–H groups in total. The Labute approximate surface area is 62.1 Å². The Kier molecular flexibility index (Phi) is 1.20. The van der Waals surface area contributed by atoms with Crippen LogP contribution in [0.25, 0.3) is 0 Å². The molecule has 1 aliphatic rings. The standard InChI is InChI=1S/C6H6N2OS/c9-5-3-4(8-5)6-7-1-2-10-6/h1-2,4H,3H2,(H,8,9). The van der Waals surface area contributed by atoms with E-state index in [-0.39, 0.29) is 11.9 Å². The molecule has 0 aliphatic carbocycles. The van der Waals surface area contributed by atoms with Gasteiger partial charge in [0.1, 0.15) is 5.01 Å². The number of rotatable bonds is 1. The first-order chi connectivity index (χ1) is 4.86. The van der Waals surface area contributed by atoms with Crippen LogP contribution in [0.3, 0.4) is 0 Å². The first-order valence-corrected chi connectivity index (χ1v) is 3.93. The van der Waals surface area contributed by atoms with Crippen molar-refractivity contribution in [2.24, 2.45) is 0 Å². The molecule has 0 saturated carbocycles. The van der Waals surface area contributed by atoms with E-state index in [2.05, 4.69) is 10.3 Å². The van der Waals surface area contributed by atoms with Gasteiger partial charge in [0.15, 0.2) is 0 Å². The maximum Gasteiger partial charge on any atom is 0.223 e. The summed E-state index contributed by atoms with van der Waals surface area (Å²) in [5.41, 5.74) is 0. The lowest BCUT2D eigenvalue weighted by molar-refractivity contribution is -0.128. The van der Waals surface area contributed by atoms with Crippen LogP contribution in [0.1, 0.15) is 17.5 Å². The number of thiazole rings is 1. The number of aromatic nitrogens is 1. The molecule has 3 nitrogen and oxygen atoms in total. The van der Waals surface area contributed by atoms with Crippen molar-refractivity contribution in [1.82, 2.24) is 10.3 Å². The minimum absolute atomic E-state index is 0.125. The van der Waals surface area contributed by atoms with Gasteiger partial charge in [-0.15, -0.1) is 11.3 Å². The molecule has 1 unspecified atom stereocenters. The number of nitrogens with zero attached hydrogens (tertiary/aromatic N) is 1. The van der Waals surface area contributed by atoms with Crippen LogP contribution >= 0.6 is 11.3 Å². The zero-order chi connectivity index (χ0) is 6.97. The van der Waals surface area contributed by atoms with Crippen LogP contribution in [-0.2, 0) is 4.79 Å². The highest BCUT2D eigenvalue weighted by atomic mass is 32.1. The van der Waals surface area contributed by atoms with Crippen molar-refractivity contribution in [2.45, 2.75) is 12.5 Å². The zero-order valence-corrected chi connectivity index (χ0v) is 6.02. The average Bonchev–Trinajstić information content (AvgIpc) is 2.31. The van der Waals surface area contributed by atoms with Gasteiger partial charge >= 0.3 is 0 Å². The second-order valence-electron chi connectivity index (χ2n) is 2.19. The largest absolute Gasteiger partial charge is 0.346 e. The number of amides is 1. The Hall–Kier alpha value is -0.900. The van der Waals surface area contributed by atoms with Crippen LogP contribution in [-0.4, -0.2) is 10.9 Å². The van der Waals surface area contributed by atoms with Gasteiger partial charge in [-0.25, -0.2) is 4.98 Å². The molecule has 2 rings (SSSR count). The number of hydrogen-bond donors (Lipinski definition) is 1. The number of β-lactam (4-membered cyclic amide) rings is 1. The van der Waals surface area contributed by atoms with Crippen molar-refractivity contribution in [2.75, 3.05) is 0 Å². The number of nitrogens with one attached hydrogen (secondary N) is 1. The molecule has 2 heterocycles. The van der Waals surface area contributed by atoms with Gasteiger partial charge in [0, 0.05) is 11.6 Å². The molecule has 0 spiro atoms. The summed E-state index contributed by atoms with van der Waals surface area (Å²) in [6.07, 6.45) is 2.36. The molecule has 0 radical (unpaired) electrons. The van der Waals surface area contributed by atoms with Crippen molar-refractivity contribution in [3.05, 3.63) is 16.6 Å². The Balaban J connectivity index is 2.10. The first kappa shape index (κ1) is 5.85. The fourth-order valence-electron chi connectivity index (χ4n) is 0.914. The first-order valence-electron chi connectivity index (χ1n) is 3.05. The van der Waals surface area contributed by atoms with Crippen molar-refractivity contribution >= 4 is 17.2 Å². The molecule has 1 aromatic rings. The van der Waals surface area contributed by atoms with E-state index in [9.17, 15) is 4.79 Å². The topological polar surface area (TPSA) is 42.0 Å². The van der Waals surface area contributed by atoms with Crippen LogP contribution in [0.15, 0.2) is 11.6 Å². The molecule has 1 atom stereocenters. The maximum absolute atomic E-state index is 10.5. The minimum atomic E-state index is 0.125. The summed E-state index contributed by atoms with van der Waals surface area (Å²) >= 11 is 1.58. The van der Waals surface area contributed by atoms with Crippen LogP contribution < -0.4 is 5.32 Å². The van der Waals surface area contributed by atoms with Crippen LogP contribution in [0, 0.1) is 0 Å². The summed E-state index contributed by atoms with van der Waals surface area (Å²) in [6.45, 7) is 0. The Morgan fingerprint density at radius 3 is 3.10 bits per heavy atom. The van der Waals surface area contributed by atoms with Crippen molar-refractivity contribution < 1.29 is 4.79 Å². The second-order valence-corrected chi connectivity index (χ2v) is 3.12. The van der Waals surface area contributed by atoms with E-state index in [0.29, 0.717) is 6.42 Å². The Morgan fingerprint density at radius 1 is 1.80 bits per heavy atom. The third-order valence-electron chi connectivity index (χ3n) is 1.47. The number of hydrogen-bond acceptors (Lipinski definition) is 3. The van der Waals surface area contributed by atoms with Crippen LogP contribution in [0.2, 0.25) is 0 Å². The summed E-state index contributed by atoms with van der Waals surface area (Å²) in [4.78, 5) is 14.5. The summed E-state index contributed by atoms with van der Waals surface area (Å²) in [5.74, 6) is 0.125. The molecule has 1 amide bonds. The predicted molar refractivity (Wildman–Crippen MR) is 37.6 cm³/mol. The second kappa shape index (κ2) is 2.05. The highest BCUT2D eigenvalue weighted by molar-refractivity contribution is 7.09. The average molecular weight is 154 g/mol. The van der Waals surface area contributed by atoms with Gasteiger partial charge in [0.05, 0.1) is 12.5 Å². The highest BCUT2D eigenvalue weighted by Gasteiger charge is 2.28. The van der Waals surface area contributed by atoms with E-state index in [1.807, 2.05) is 5.38 Å². The third-order valence-corrected chi connectivity index (χ3v) is 2.36. The van der Waals surface area contributed by atoms with Crippen molar-refractivity contribution in [3.63, 3.8) is 0 Å². The van der Waals surface area contributed by atoms with E-state index in [0.717, 1.165) is 5.01 Å². The van der Waals surface area contributed by atoms with E-state index in [1.54, 1.807) is 17.5 Å². The van der Waals surface area contributed by atoms with Gasteiger partial charge in [0.25, 0.3) is 0 Å². The molecule has 10 heavy (non-hydrogen) atoms. The third kappa shape index (κ3) is 0.806. The molecule has 1 aromatic heterocycles. The van der Waals surface area contributed by atoms with Gasteiger partial charge in [-0.2, -0.15) is 0 Å². The lowest BCUT2D eigenvalue weighted by atomic mass is 10.1. The summed E-state index contributed by atoms with van der Waals surface area (Å²) in [5, 5.41) is 5.68. The molecule has 1 aliphatic heterocycles. The Morgan fingerprint density at radius 2 is 2.60 bits per heavy atom. The van der Waals surface area contributed by atoms with Gasteiger partial charge in [-0.3, -0.25) is 4.79 Å². The minimum Gasteiger partial charge on any atom is -0.346 e. The lowest BCUT2D eigenvalue weighted by Gasteiger charge is -2.24. The van der Waals surface area contributed by atoms with Gasteiger partial charge < -0.3 is 5.32 Å². The smallest absolute Gasteiger partial charge is 0.223 e. The van der Waals surface area contributed by atoms with Gasteiger partial charge in [0.2, 0.25) is 5.91 Å². The van der Waals surface area contributed by atoms with E-state index >= 15 is 0 Å². The van der Waals surface area contributed by atoms with E-state index in [1.165, 1.54) is 0 Å². The van der Waals surface area contributed by atoms with Crippen molar-refractivity contribution in [1.29, 1.82) is 0 Å².